The number of carbonyl (C=O) groups excluding carboxylic acids is 1. The van der Waals surface area contributed by atoms with Crippen LogP contribution in [0.4, 0.5) is 4.39 Å². The third-order valence-electron chi connectivity index (χ3n) is 5.62. The van der Waals surface area contributed by atoms with Crippen molar-refractivity contribution in [1.29, 1.82) is 0 Å². The van der Waals surface area contributed by atoms with Crippen LogP contribution in [0.2, 0.25) is 0 Å². The van der Waals surface area contributed by atoms with Crippen molar-refractivity contribution in [1.82, 2.24) is 9.21 Å². The van der Waals surface area contributed by atoms with E-state index in [-0.39, 0.29) is 47.6 Å². The van der Waals surface area contributed by atoms with Crippen molar-refractivity contribution >= 4 is 28.3 Å². The van der Waals surface area contributed by atoms with E-state index in [0.29, 0.717) is 32.5 Å². The summed E-state index contributed by atoms with van der Waals surface area (Å²) in [6, 6.07) is 5.39. The van der Waals surface area contributed by atoms with Crippen LogP contribution in [0.1, 0.15) is 26.2 Å². The summed E-state index contributed by atoms with van der Waals surface area (Å²) in [5.74, 6) is -0.837. The second kappa shape index (κ2) is 8.43. The van der Waals surface area contributed by atoms with Crippen LogP contribution in [0.25, 0.3) is 0 Å². The monoisotopic (exact) mass is 419 g/mol. The number of piperidine rings is 1. The highest BCUT2D eigenvalue weighted by Crippen LogP contribution is 2.32. The van der Waals surface area contributed by atoms with Crippen LogP contribution in [-0.2, 0) is 14.8 Å². The molecule has 0 aliphatic carbocycles. The van der Waals surface area contributed by atoms with Gasteiger partial charge in [0.05, 0.1) is 0 Å². The number of hydrogen-bond donors (Lipinski definition) is 1. The van der Waals surface area contributed by atoms with Gasteiger partial charge >= 0.3 is 0 Å². The number of likely N-dealkylation sites (tertiary alicyclic amines) is 1. The maximum Gasteiger partial charge on any atom is 0.245 e. The van der Waals surface area contributed by atoms with E-state index in [2.05, 4.69) is 6.92 Å². The van der Waals surface area contributed by atoms with Gasteiger partial charge in [-0.2, -0.15) is 4.31 Å². The molecule has 3 rings (SSSR count). The van der Waals surface area contributed by atoms with E-state index >= 15 is 0 Å². The fourth-order valence-corrected chi connectivity index (χ4v) is 5.31. The Kier molecular flexibility index (Phi) is 6.89. The third-order valence-corrected chi connectivity index (χ3v) is 7.55. The van der Waals surface area contributed by atoms with E-state index in [1.54, 1.807) is 0 Å². The normalized spacial score (nSPS) is 24.6. The van der Waals surface area contributed by atoms with E-state index in [1.807, 2.05) is 4.90 Å². The number of sulfonamides is 1. The first-order valence-corrected chi connectivity index (χ1v) is 10.4. The molecular weight excluding hydrogens is 393 g/mol. The molecule has 1 aromatic rings. The third kappa shape index (κ3) is 4.45. The summed E-state index contributed by atoms with van der Waals surface area (Å²) in [4.78, 5) is 14.3. The van der Waals surface area contributed by atoms with Crippen LogP contribution in [0.5, 0.6) is 0 Å². The SMILES string of the molecule is CC1(CN)CCN(C(=O)C2CCN(S(=O)(=O)c3ccccc3F)CC2)C1.Cl. The van der Waals surface area contributed by atoms with Crippen LogP contribution < -0.4 is 5.73 Å². The molecule has 9 heteroatoms. The number of amides is 1. The van der Waals surface area contributed by atoms with E-state index in [1.165, 1.54) is 22.5 Å². The highest BCUT2D eigenvalue weighted by molar-refractivity contribution is 7.89. The topological polar surface area (TPSA) is 83.7 Å². The summed E-state index contributed by atoms with van der Waals surface area (Å²) < 4.78 is 40.4. The number of hydrogen-bond acceptors (Lipinski definition) is 4. The predicted molar refractivity (Wildman–Crippen MR) is 103 cm³/mol. The molecule has 1 aromatic carbocycles. The van der Waals surface area contributed by atoms with Gasteiger partial charge in [0, 0.05) is 32.1 Å². The zero-order valence-electron chi connectivity index (χ0n) is 15.4. The second-order valence-corrected chi connectivity index (χ2v) is 9.54. The molecule has 2 aliphatic rings. The van der Waals surface area contributed by atoms with Crippen molar-refractivity contribution in [3.8, 4) is 0 Å². The molecule has 2 saturated heterocycles. The Labute approximate surface area is 166 Å². The molecule has 1 atom stereocenters. The van der Waals surface area contributed by atoms with Crippen molar-refractivity contribution in [3.05, 3.63) is 30.1 Å². The average Bonchev–Trinajstić information content (AvgIpc) is 3.04. The quantitative estimate of drug-likeness (QED) is 0.807. The molecule has 1 amide bonds. The molecule has 1 unspecified atom stereocenters. The van der Waals surface area contributed by atoms with E-state index in [4.69, 9.17) is 5.73 Å². The Hall–Kier alpha value is -1.22. The number of rotatable bonds is 4. The van der Waals surface area contributed by atoms with E-state index < -0.39 is 15.8 Å². The van der Waals surface area contributed by atoms with Crippen molar-refractivity contribution in [2.45, 2.75) is 31.1 Å². The molecular formula is C18H27ClFN3O3S. The first-order chi connectivity index (χ1) is 12.3. The number of nitrogens with zero attached hydrogens (tertiary/aromatic N) is 2. The Bertz CT molecular complexity index is 784. The molecule has 0 spiro atoms. The van der Waals surface area contributed by atoms with Crippen LogP contribution in [0.3, 0.4) is 0 Å². The minimum absolute atomic E-state index is 0. The summed E-state index contributed by atoms with van der Waals surface area (Å²) in [6.07, 6.45) is 1.82. The van der Waals surface area contributed by atoms with E-state index in [9.17, 15) is 17.6 Å². The Morgan fingerprint density at radius 2 is 1.89 bits per heavy atom. The fourth-order valence-electron chi connectivity index (χ4n) is 3.77. The molecule has 2 heterocycles. The van der Waals surface area contributed by atoms with Gasteiger partial charge in [-0.25, -0.2) is 12.8 Å². The van der Waals surface area contributed by atoms with Crippen molar-refractivity contribution < 1.29 is 17.6 Å². The molecule has 2 aliphatic heterocycles. The Balaban J connectivity index is 0.00000261. The van der Waals surface area contributed by atoms with Crippen LogP contribution in [0.15, 0.2) is 29.2 Å². The van der Waals surface area contributed by atoms with Crippen molar-refractivity contribution in [3.63, 3.8) is 0 Å². The largest absolute Gasteiger partial charge is 0.342 e. The molecule has 0 bridgehead atoms. The molecule has 0 saturated carbocycles. The summed E-state index contributed by atoms with van der Waals surface area (Å²) in [5, 5.41) is 0. The molecule has 2 fully saturated rings. The minimum atomic E-state index is -3.87. The lowest BCUT2D eigenvalue weighted by atomic mass is 9.90. The fraction of sp³-hybridized carbons (Fsp3) is 0.611. The first-order valence-electron chi connectivity index (χ1n) is 9.00. The minimum Gasteiger partial charge on any atom is -0.342 e. The highest BCUT2D eigenvalue weighted by atomic mass is 35.5. The summed E-state index contributed by atoms with van der Waals surface area (Å²) in [6.45, 7) is 4.47. The zero-order valence-corrected chi connectivity index (χ0v) is 17.1. The van der Waals surface area contributed by atoms with Gasteiger partial charge in [0.1, 0.15) is 10.7 Å². The van der Waals surface area contributed by atoms with Crippen LogP contribution in [0, 0.1) is 17.2 Å². The van der Waals surface area contributed by atoms with Gasteiger partial charge in [-0.1, -0.05) is 19.1 Å². The molecule has 152 valence electrons. The maximum absolute atomic E-state index is 13.9. The Morgan fingerprint density at radius 3 is 2.44 bits per heavy atom. The smallest absolute Gasteiger partial charge is 0.245 e. The number of nitrogens with two attached hydrogens (primary N) is 1. The highest BCUT2D eigenvalue weighted by Gasteiger charge is 2.39. The maximum atomic E-state index is 13.9. The summed E-state index contributed by atoms with van der Waals surface area (Å²) in [5.41, 5.74) is 5.78. The van der Waals surface area contributed by atoms with Crippen LogP contribution >= 0.6 is 12.4 Å². The summed E-state index contributed by atoms with van der Waals surface area (Å²) >= 11 is 0. The lowest BCUT2D eigenvalue weighted by Crippen LogP contribution is -2.44. The van der Waals surface area contributed by atoms with Gasteiger partial charge in [0.2, 0.25) is 15.9 Å². The number of carbonyl (C=O) groups is 1. The van der Waals surface area contributed by atoms with Gasteiger partial charge in [0.25, 0.3) is 0 Å². The molecule has 0 radical (unpaired) electrons. The van der Waals surface area contributed by atoms with Gasteiger partial charge < -0.3 is 10.6 Å². The zero-order chi connectivity index (χ0) is 18.9. The van der Waals surface area contributed by atoms with Crippen molar-refractivity contribution in [2.24, 2.45) is 17.1 Å². The second-order valence-electron chi connectivity index (χ2n) is 7.63. The van der Waals surface area contributed by atoms with Gasteiger partial charge in [-0.3, -0.25) is 4.79 Å². The molecule has 27 heavy (non-hydrogen) atoms. The standard InChI is InChI=1S/C18H26FN3O3S.ClH/c1-18(12-20)8-11-21(13-18)17(23)14-6-9-22(10-7-14)26(24,25)16-5-3-2-4-15(16)19;/h2-5,14H,6-13,20H2,1H3;1H. The predicted octanol–water partition coefficient (Wildman–Crippen LogP) is 1.85. The number of halogens is 2. The molecule has 2 N–H and O–H groups in total. The van der Waals surface area contributed by atoms with Gasteiger partial charge in [0.15, 0.2) is 0 Å². The number of benzene rings is 1. The van der Waals surface area contributed by atoms with Gasteiger partial charge in [-0.15, -0.1) is 12.4 Å². The summed E-state index contributed by atoms with van der Waals surface area (Å²) in [7, 11) is -3.87. The Morgan fingerprint density at radius 1 is 1.26 bits per heavy atom. The lowest BCUT2D eigenvalue weighted by molar-refractivity contribution is -0.136. The first kappa shape index (κ1) is 22.1. The molecule has 0 aromatic heterocycles. The van der Waals surface area contributed by atoms with Gasteiger partial charge in [-0.05, 0) is 43.4 Å². The van der Waals surface area contributed by atoms with E-state index in [0.717, 1.165) is 12.5 Å². The van der Waals surface area contributed by atoms with Crippen LogP contribution in [-0.4, -0.2) is 56.3 Å². The lowest BCUT2D eigenvalue weighted by Gasteiger charge is -2.33. The van der Waals surface area contributed by atoms with Crippen molar-refractivity contribution in [2.75, 3.05) is 32.7 Å². The molecule has 6 nitrogen and oxygen atoms in total. The average molecular weight is 420 g/mol.